The van der Waals surface area contributed by atoms with Crippen molar-refractivity contribution in [1.82, 2.24) is 8.80 Å². The standard InChI is InChI=1S/C30H16N2.6C7H8.6C2H6/c1-5-13-21-17(9-1)25-26-18-10-2-7-15-23(18)32-24-16-8-4-12-20(24)28(30(26)32)27-19-11-3-6-14-22(19)31(21)29(25)27;6*1-7-5-3-2-4-6-7;6*1-2/h1-16H;6*2-6H,1H3;6*1-2H3. The van der Waals surface area contributed by atoms with Crippen molar-refractivity contribution in [2.45, 2.75) is 125 Å². The van der Waals surface area contributed by atoms with Gasteiger partial charge in [0, 0.05) is 43.1 Å². The highest BCUT2D eigenvalue weighted by Crippen LogP contribution is 2.51. The van der Waals surface area contributed by atoms with Gasteiger partial charge >= 0.3 is 0 Å². The summed E-state index contributed by atoms with van der Waals surface area (Å²) >= 11 is 0. The quantitative estimate of drug-likeness (QED) is 0.143. The first kappa shape index (κ1) is 71.3. The maximum Gasteiger partial charge on any atom is 0.0634 e. The predicted octanol–water partition coefficient (Wildman–Crippen LogP) is 26.1. The Morgan fingerprint density at radius 2 is 0.291 bits per heavy atom. The van der Waals surface area contributed by atoms with Crippen LogP contribution < -0.4 is 0 Å². The van der Waals surface area contributed by atoms with Crippen LogP contribution in [0.5, 0.6) is 0 Å². The number of nitrogens with zero attached hydrogens (tertiary/aromatic N) is 2. The molecule has 11 aromatic carbocycles. The van der Waals surface area contributed by atoms with Crippen molar-refractivity contribution in [3.05, 3.63) is 312 Å². The SMILES string of the molecule is CC.CC.CC.CC.CC.CC.Cc1ccccc1.Cc1ccccc1.Cc1ccccc1.Cc1ccccc1.Cc1ccccc1.Cc1ccccc1.c1ccc2c(c1)c1c3c4ccccc4n4c5ccccc5c(c5c6ccccc6n2c15)c34. The van der Waals surface area contributed by atoms with Crippen molar-refractivity contribution in [1.29, 1.82) is 0 Å². The molecular weight excluding hydrogens is 1040 g/mol. The van der Waals surface area contributed by atoms with E-state index in [-0.39, 0.29) is 0 Å². The van der Waals surface area contributed by atoms with E-state index in [0.29, 0.717) is 0 Å². The Labute approximate surface area is 519 Å². The van der Waals surface area contributed by atoms with Gasteiger partial charge < -0.3 is 8.80 Å². The van der Waals surface area contributed by atoms with Gasteiger partial charge in [-0.2, -0.15) is 0 Å². The summed E-state index contributed by atoms with van der Waals surface area (Å²) in [5.74, 6) is 0. The van der Waals surface area contributed by atoms with Crippen LogP contribution in [0.15, 0.2) is 279 Å². The van der Waals surface area contributed by atoms with Crippen LogP contribution in [0, 0.1) is 41.5 Å². The first-order valence-electron chi connectivity index (χ1n) is 31.6. The summed E-state index contributed by atoms with van der Waals surface area (Å²) in [6.07, 6.45) is 0. The molecule has 0 fully saturated rings. The van der Waals surface area contributed by atoms with E-state index in [4.69, 9.17) is 0 Å². The molecule has 0 unspecified atom stereocenters. The number of hydrogen-bond acceptors (Lipinski definition) is 0. The summed E-state index contributed by atoms with van der Waals surface area (Å²) < 4.78 is 5.00. The Bertz CT molecular complexity index is 3490. The van der Waals surface area contributed by atoms with Crippen LogP contribution in [0.3, 0.4) is 0 Å². The lowest BCUT2D eigenvalue weighted by molar-refractivity contribution is 1.37. The number of para-hydroxylation sites is 4. The average molecular weight is 1140 g/mol. The van der Waals surface area contributed by atoms with E-state index >= 15 is 0 Å². The van der Waals surface area contributed by atoms with Gasteiger partial charge in [-0.1, -0.05) is 371 Å². The number of aromatic nitrogens is 2. The minimum Gasteiger partial charge on any atom is -0.308 e. The lowest BCUT2D eigenvalue weighted by atomic mass is 9.98. The molecule has 15 aromatic rings. The van der Waals surface area contributed by atoms with Crippen LogP contribution in [-0.2, 0) is 0 Å². The molecule has 0 spiro atoms. The van der Waals surface area contributed by atoms with E-state index in [0.717, 1.165) is 0 Å². The number of aryl methyl sites for hydroxylation is 6. The van der Waals surface area contributed by atoms with E-state index in [1.165, 1.54) is 110 Å². The summed E-state index contributed by atoms with van der Waals surface area (Å²) in [6, 6.07) is 97.2. The number of fused-ring (bicyclic) bond motifs is 14. The van der Waals surface area contributed by atoms with Crippen LogP contribution in [-0.4, -0.2) is 8.80 Å². The van der Waals surface area contributed by atoms with Gasteiger partial charge in [-0.05, 0) is 65.8 Å². The third-order valence-electron chi connectivity index (χ3n) is 13.2. The molecule has 2 nitrogen and oxygen atoms in total. The maximum atomic E-state index is 2.50. The van der Waals surface area contributed by atoms with E-state index in [9.17, 15) is 0 Å². The molecule has 0 saturated carbocycles. The van der Waals surface area contributed by atoms with E-state index < -0.39 is 0 Å². The number of benzene rings is 11. The number of hydrogen-bond donors (Lipinski definition) is 0. The topological polar surface area (TPSA) is 8.82 Å². The molecule has 2 heteroatoms. The monoisotopic (exact) mass is 1140 g/mol. The second-order valence-corrected chi connectivity index (χ2v) is 18.9. The zero-order valence-electron chi connectivity index (χ0n) is 55.5. The summed E-state index contributed by atoms with van der Waals surface area (Å²) in [5, 5.41) is 10.9. The Hall–Kier alpha value is -8.98. The van der Waals surface area contributed by atoms with Gasteiger partial charge in [0.1, 0.15) is 0 Å². The number of rotatable bonds is 0. The van der Waals surface area contributed by atoms with Crippen LogP contribution in [0.2, 0.25) is 0 Å². The van der Waals surface area contributed by atoms with Gasteiger partial charge in [-0.3, -0.25) is 0 Å². The van der Waals surface area contributed by atoms with Gasteiger partial charge in [-0.15, -0.1) is 0 Å². The maximum absolute atomic E-state index is 2.50. The fourth-order valence-corrected chi connectivity index (χ4v) is 9.69. The second-order valence-electron chi connectivity index (χ2n) is 18.9. The van der Waals surface area contributed by atoms with Crippen molar-refractivity contribution >= 4 is 76.2 Å². The molecule has 86 heavy (non-hydrogen) atoms. The molecule has 0 saturated heterocycles. The Morgan fingerprint density at radius 1 is 0.163 bits per heavy atom. The largest absolute Gasteiger partial charge is 0.308 e. The molecule has 4 heterocycles. The summed E-state index contributed by atoms with van der Waals surface area (Å²) in [5.41, 5.74) is 15.8. The summed E-state index contributed by atoms with van der Waals surface area (Å²) in [6.45, 7) is 36.5. The van der Waals surface area contributed by atoms with Gasteiger partial charge in [-0.25, -0.2) is 0 Å². The molecule has 446 valence electrons. The molecule has 0 N–H and O–H groups in total. The van der Waals surface area contributed by atoms with Crippen LogP contribution in [0.1, 0.15) is 116 Å². The van der Waals surface area contributed by atoms with E-state index in [1.54, 1.807) is 0 Å². The Morgan fingerprint density at radius 3 is 0.419 bits per heavy atom. The highest BCUT2D eigenvalue weighted by atomic mass is 14.9. The second kappa shape index (κ2) is 40.3. The fourth-order valence-electron chi connectivity index (χ4n) is 9.69. The molecule has 4 aromatic heterocycles. The third kappa shape index (κ3) is 19.0. The van der Waals surface area contributed by atoms with Crippen LogP contribution >= 0.6 is 0 Å². The van der Waals surface area contributed by atoms with E-state index in [1.807, 2.05) is 192 Å². The molecule has 0 atom stereocenters. The summed E-state index contributed by atoms with van der Waals surface area (Å²) in [7, 11) is 0. The average Bonchev–Trinajstić information content (AvgIpc) is 1.51. The zero-order chi connectivity index (χ0) is 63.2. The van der Waals surface area contributed by atoms with Crippen molar-refractivity contribution in [3.8, 4) is 0 Å². The van der Waals surface area contributed by atoms with Gasteiger partial charge in [0.15, 0.2) is 0 Å². The van der Waals surface area contributed by atoms with Crippen molar-refractivity contribution in [3.63, 3.8) is 0 Å². The Balaban J connectivity index is 0.000000296. The van der Waals surface area contributed by atoms with E-state index in [2.05, 4.69) is 220 Å². The molecule has 0 aliphatic heterocycles. The van der Waals surface area contributed by atoms with Crippen molar-refractivity contribution < 1.29 is 0 Å². The predicted molar refractivity (Wildman–Crippen MR) is 391 cm³/mol. The normalized spacial score (nSPS) is 9.51. The minimum atomic E-state index is 1.29. The van der Waals surface area contributed by atoms with Crippen molar-refractivity contribution in [2.75, 3.05) is 0 Å². The first-order chi connectivity index (χ1) is 42.3. The fraction of sp³-hybridized carbons (Fsp3) is 0.214. The first-order valence-corrected chi connectivity index (χ1v) is 31.6. The van der Waals surface area contributed by atoms with Gasteiger partial charge in [0.25, 0.3) is 0 Å². The molecule has 0 amide bonds. The molecule has 0 bridgehead atoms. The third-order valence-corrected chi connectivity index (χ3v) is 13.2. The van der Waals surface area contributed by atoms with Crippen LogP contribution in [0.4, 0.5) is 0 Å². The van der Waals surface area contributed by atoms with Gasteiger partial charge in [0.2, 0.25) is 0 Å². The highest BCUT2D eigenvalue weighted by Gasteiger charge is 2.27. The van der Waals surface area contributed by atoms with Crippen molar-refractivity contribution in [2.24, 2.45) is 0 Å². The summed E-state index contributed by atoms with van der Waals surface area (Å²) in [4.78, 5) is 0. The van der Waals surface area contributed by atoms with Gasteiger partial charge in [0.05, 0.1) is 33.1 Å². The lowest BCUT2D eigenvalue weighted by Crippen LogP contribution is -1.79. The smallest absolute Gasteiger partial charge is 0.0634 e. The van der Waals surface area contributed by atoms with Crippen LogP contribution in [0.25, 0.3) is 76.2 Å². The lowest BCUT2D eigenvalue weighted by Gasteiger charge is -2.02. The zero-order valence-corrected chi connectivity index (χ0v) is 55.5. The molecule has 15 rings (SSSR count). The highest BCUT2D eigenvalue weighted by molar-refractivity contribution is 6.45. The Kier molecular flexibility index (Phi) is 33.4. The minimum absolute atomic E-state index is 1.29. The molecule has 0 aliphatic carbocycles. The molecule has 0 radical (unpaired) electrons. The molecular formula is C84H100N2. The molecule has 0 aliphatic rings.